The fraction of sp³-hybridized carbons (Fsp3) is 0.190. The Morgan fingerprint density at radius 1 is 1.06 bits per heavy atom. The molecule has 4 N–H and O–H groups in total. The van der Waals surface area contributed by atoms with E-state index in [-0.39, 0.29) is 22.8 Å². The number of amides is 1. The fourth-order valence-electron chi connectivity index (χ4n) is 2.92. The van der Waals surface area contributed by atoms with Crippen molar-refractivity contribution in [3.8, 4) is 0 Å². The molecule has 0 radical (unpaired) electrons. The van der Waals surface area contributed by atoms with E-state index in [4.69, 9.17) is 0 Å². The summed E-state index contributed by atoms with van der Waals surface area (Å²) in [5.74, 6) is 0.284. The number of hydrogen-bond donors (Lipinski definition) is 4. The number of pyridine rings is 2. The molecule has 33 heavy (non-hydrogen) atoms. The monoisotopic (exact) mass is 478 g/mol. The summed E-state index contributed by atoms with van der Waals surface area (Å²) < 4.78 is 53.7. The number of aromatic nitrogens is 2. The molecule has 3 aromatic rings. The molecule has 0 saturated carbocycles. The van der Waals surface area contributed by atoms with Gasteiger partial charge in [0.15, 0.2) is 0 Å². The lowest BCUT2D eigenvalue weighted by atomic mass is 10.1. The van der Waals surface area contributed by atoms with Gasteiger partial charge in [-0.15, -0.1) is 0 Å². The Hall–Kier alpha value is -3.67. The minimum atomic E-state index is -4.65. The zero-order valence-electron chi connectivity index (χ0n) is 17.7. The van der Waals surface area contributed by atoms with Gasteiger partial charge in [-0.25, -0.2) is 14.2 Å². The van der Waals surface area contributed by atoms with Crippen molar-refractivity contribution in [1.82, 2.24) is 9.97 Å². The van der Waals surface area contributed by atoms with Gasteiger partial charge in [-0.3, -0.25) is 4.79 Å². The number of rotatable bonds is 8. The van der Waals surface area contributed by atoms with Gasteiger partial charge in [0.2, 0.25) is 0 Å². The molecule has 174 valence electrons. The maximum atomic E-state index is 13.3. The number of carbonyl (C=O) groups is 1. The molecule has 0 aliphatic carbocycles. The minimum Gasteiger partial charge on any atom is -0.373 e. The lowest BCUT2D eigenvalue weighted by Crippen LogP contribution is -2.17. The standard InChI is InChI=1S/C21H21F3N6O2S/c1-25-18-8-13(5-7-26-18)12-28-19-17(4-3-6-27-19)20(31)29-15-9-14(21(22,23)24)10-16(11-15)30-33(2)32/h3-11,30H,12H2,1-2H3,(H,25,26)(H,27,28)(H,29,31). The Labute approximate surface area is 190 Å². The maximum absolute atomic E-state index is 13.3. The first-order valence-corrected chi connectivity index (χ1v) is 11.2. The van der Waals surface area contributed by atoms with Crippen LogP contribution in [0.15, 0.2) is 54.9 Å². The van der Waals surface area contributed by atoms with Crippen LogP contribution in [-0.4, -0.2) is 33.4 Å². The molecular weight excluding hydrogens is 457 g/mol. The second-order valence-electron chi connectivity index (χ2n) is 6.86. The molecule has 0 bridgehead atoms. The third kappa shape index (κ3) is 6.65. The van der Waals surface area contributed by atoms with E-state index < -0.39 is 28.6 Å². The van der Waals surface area contributed by atoms with Crippen molar-refractivity contribution in [3.05, 3.63) is 71.5 Å². The van der Waals surface area contributed by atoms with Crippen LogP contribution in [0.4, 0.5) is 36.2 Å². The van der Waals surface area contributed by atoms with Crippen molar-refractivity contribution < 1.29 is 22.2 Å². The highest BCUT2D eigenvalue weighted by atomic mass is 32.2. The molecule has 1 aromatic carbocycles. The number of anilines is 4. The molecule has 0 aliphatic rings. The van der Waals surface area contributed by atoms with Crippen molar-refractivity contribution >= 4 is 39.9 Å². The molecule has 8 nitrogen and oxygen atoms in total. The van der Waals surface area contributed by atoms with Gasteiger partial charge >= 0.3 is 6.18 Å². The second-order valence-corrected chi connectivity index (χ2v) is 7.97. The van der Waals surface area contributed by atoms with E-state index in [1.54, 1.807) is 25.4 Å². The fourth-order valence-corrected chi connectivity index (χ4v) is 3.37. The van der Waals surface area contributed by atoms with Gasteiger partial charge in [0.1, 0.15) is 22.6 Å². The predicted molar refractivity (Wildman–Crippen MR) is 122 cm³/mol. The lowest BCUT2D eigenvalue weighted by molar-refractivity contribution is -0.137. The van der Waals surface area contributed by atoms with E-state index in [2.05, 4.69) is 30.6 Å². The molecule has 2 aromatic heterocycles. The molecular formula is C21H21F3N6O2S. The summed E-state index contributed by atoms with van der Waals surface area (Å²) in [7, 11) is 0.149. The van der Waals surface area contributed by atoms with Crippen LogP contribution >= 0.6 is 0 Å². The van der Waals surface area contributed by atoms with Crippen LogP contribution in [0.5, 0.6) is 0 Å². The van der Waals surface area contributed by atoms with Gasteiger partial charge in [0.25, 0.3) is 5.91 Å². The highest BCUT2D eigenvalue weighted by Gasteiger charge is 2.31. The third-order valence-electron chi connectivity index (χ3n) is 4.37. The largest absolute Gasteiger partial charge is 0.416 e. The summed E-state index contributed by atoms with van der Waals surface area (Å²) in [5, 5.41) is 8.45. The molecule has 2 heterocycles. The van der Waals surface area contributed by atoms with E-state index in [1.807, 2.05) is 6.07 Å². The summed E-state index contributed by atoms with van der Waals surface area (Å²) in [6.07, 6.45) is -0.233. The summed E-state index contributed by atoms with van der Waals surface area (Å²) in [5.41, 5.74) is -0.108. The quantitative estimate of drug-likeness (QED) is 0.388. The van der Waals surface area contributed by atoms with Gasteiger partial charge in [-0.1, -0.05) is 0 Å². The topological polar surface area (TPSA) is 108 Å². The predicted octanol–water partition coefficient (Wildman–Crippen LogP) is 4.11. The number of nitrogens with one attached hydrogen (secondary N) is 4. The summed E-state index contributed by atoms with van der Waals surface area (Å²) in [6, 6.07) is 9.57. The van der Waals surface area contributed by atoms with E-state index in [1.165, 1.54) is 24.6 Å². The Morgan fingerprint density at radius 3 is 2.52 bits per heavy atom. The van der Waals surface area contributed by atoms with Crippen LogP contribution < -0.4 is 20.7 Å². The van der Waals surface area contributed by atoms with Gasteiger partial charge < -0.3 is 20.7 Å². The molecule has 0 saturated heterocycles. The highest BCUT2D eigenvalue weighted by molar-refractivity contribution is 7.85. The summed E-state index contributed by atoms with van der Waals surface area (Å²) in [4.78, 5) is 21.2. The van der Waals surface area contributed by atoms with Gasteiger partial charge in [-0.05, 0) is 48.0 Å². The number of halogens is 3. The Bertz CT molecular complexity index is 1170. The first-order chi connectivity index (χ1) is 15.7. The Balaban J connectivity index is 1.82. The number of alkyl halides is 3. The first kappa shape index (κ1) is 24.0. The Morgan fingerprint density at radius 2 is 1.82 bits per heavy atom. The van der Waals surface area contributed by atoms with Crippen molar-refractivity contribution in [2.24, 2.45) is 0 Å². The number of hydrogen-bond acceptors (Lipinski definition) is 6. The van der Waals surface area contributed by atoms with Gasteiger partial charge in [0, 0.05) is 43.6 Å². The highest BCUT2D eigenvalue weighted by Crippen LogP contribution is 2.33. The molecule has 3 rings (SSSR count). The molecule has 1 amide bonds. The van der Waals surface area contributed by atoms with E-state index in [0.29, 0.717) is 12.4 Å². The van der Waals surface area contributed by atoms with Crippen molar-refractivity contribution in [2.45, 2.75) is 12.7 Å². The van der Waals surface area contributed by atoms with E-state index in [9.17, 15) is 22.2 Å². The van der Waals surface area contributed by atoms with Crippen LogP contribution in [0.1, 0.15) is 21.5 Å². The molecule has 1 unspecified atom stereocenters. The molecule has 12 heteroatoms. The zero-order chi connectivity index (χ0) is 24.0. The normalized spacial score (nSPS) is 12.0. The average molecular weight is 479 g/mol. The average Bonchev–Trinajstić information content (AvgIpc) is 2.76. The zero-order valence-corrected chi connectivity index (χ0v) is 18.5. The van der Waals surface area contributed by atoms with Crippen LogP contribution in [0.2, 0.25) is 0 Å². The minimum absolute atomic E-state index is 0.0384. The lowest BCUT2D eigenvalue weighted by Gasteiger charge is -2.15. The van der Waals surface area contributed by atoms with Crippen molar-refractivity contribution in [1.29, 1.82) is 0 Å². The van der Waals surface area contributed by atoms with Crippen LogP contribution in [-0.2, 0) is 23.7 Å². The van der Waals surface area contributed by atoms with Crippen molar-refractivity contribution in [3.63, 3.8) is 0 Å². The first-order valence-electron chi connectivity index (χ1n) is 9.61. The van der Waals surface area contributed by atoms with Crippen LogP contribution in [0.3, 0.4) is 0 Å². The third-order valence-corrected chi connectivity index (χ3v) is 4.90. The van der Waals surface area contributed by atoms with E-state index in [0.717, 1.165) is 17.7 Å². The maximum Gasteiger partial charge on any atom is 0.416 e. The van der Waals surface area contributed by atoms with Crippen LogP contribution in [0, 0.1) is 0 Å². The van der Waals surface area contributed by atoms with Gasteiger partial charge in [0.05, 0.1) is 11.1 Å². The molecule has 0 aliphatic heterocycles. The second kappa shape index (κ2) is 10.3. The Kier molecular flexibility index (Phi) is 7.48. The van der Waals surface area contributed by atoms with Crippen molar-refractivity contribution in [2.75, 3.05) is 34.0 Å². The molecule has 1 atom stereocenters. The number of benzene rings is 1. The molecule has 0 fully saturated rings. The summed E-state index contributed by atoms with van der Waals surface area (Å²) in [6.45, 7) is 0.342. The van der Waals surface area contributed by atoms with Gasteiger partial charge in [-0.2, -0.15) is 13.2 Å². The van der Waals surface area contributed by atoms with Crippen LogP contribution in [0.25, 0.3) is 0 Å². The summed E-state index contributed by atoms with van der Waals surface area (Å²) >= 11 is 0. The number of nitrogens with zero attached hydrogens (tertiary/aromatic N) is 2. The SMILES string of the molecule is CNc1cc(CNc2ncccc2C(=O)Nc2cc(NS(C)=O)cc(C(F)(F)F)c2)ccn1. The smallest absolute Gasteiger partial charge is 0.373 e. The molecule has 0 spiro atoms. The van der Waals surface area contributed by atoms with E-state index >= 15 is 0 Å². The number of carbonyl (C=O) groups excluding carboxylic acids is 1.